The fourth-order valence-corrected chi connectivity index (χ4v) is 2.54. The summed E-state index contributed by atoms with van der Waals surface area (Å²) in [6, 6.07) is 4.41. The number of piperidine rings is 1. The Morgan fingerprint density at radius 3 is 2.83 bits per heavy atom. The quantitative estimate of drug-likeness (QED) is 0.762. The monoisotopic (exact) mass is 241 g/mol. The molecule has 5 heteroatoms. The molecule has 0 bridgehead atoms. The van der Waals surface area contributed by atoms with Crippen molar-refractivity contribution in [2.24, 2.45) is 13.0 Å². The SMILES string of the molecule is Cn1ccc2c(N3CCC(C#N)CC3)ncnc21. The van der Waals surface area contributed by atoms with Gasteiger partial charge in [-0.15, -0.1) is 0 Å². The second-order valence-corrected chi connectivity index (χ2v) is 4.75. The summed E-state index contributed by atoms with van der Waals surface area (Å²) in [5.41, 5.74) is 0.961. The molecule has 0 N–H and O–H groups in total. The van der Waals surface area contributed by atoms with Gasteiger partial charge in [-0.1, -0.05) is 0 Å². The van der Waals surface area contributed by atoms with Crippen LogP contribution in [0.5, 0.6) is 0 Å². The standard InChI is InChI=1S/C13H15N5/c1-17-5-4-11-12(17)15-9-16-13(11)18-6-2-10(8-14)3-7-18/h4-5,9-10H,2-3,6-7H2,1H3. The van der Waals surface area contributed by atoms with Gasteiger partial charge >= 0.3 is 0 Å². The molecule has 0 atom stereocenters. The first kappa shape index (κ1) is 11.0. The minimum absolute atomic E-state index is 0.203. The lowest BCUT2D eigenvalue weighted by atomic mass is 9.98. The smallest absolute Gasteiger partial charge is 0.145 e. The molecule has 1 aliphatic heterocycles. The number of hydrogen-bond acceptors (Lipinski definition) is 4. The maximum Gasteiger partial charge on any atom is 0.145 e. The van der Waals surface area contributed by atoms with Crippen molar-refractivity contribution in [1.82, 2.24) is 14.5 Å². The van der Waals surface area contributed by atoms with Crippen LogP contribution in [0.3, 0.4) is 0 Å². The van der Waals surface area contributed by atoms with Crippen LogP contribution in [0.1, 0.15) is 12.8 Å². The van der Waals surface area contributed by atoms with Crippen molar-refractivity contribution in [3.8, 4) is 6.07 Å². The number of anilines is 1. The Morgan fingerprint density at radius 2 is 2.11 bits per heavy atom. The molecule has 3 heterocycles. The van der Waals surface area contributed by atoms with Gasteiger partial charge in [0, 0.05) is 32.3 Å². The van der Waals surface area contributed by atoms with Crippen molar-refractivity contribution in [1.29, 1.82) is 5.26 Å². The Labute approximate surface area is 106 Å². The van der Waals surface area contributed by atoms with Gasteiger partial charge in [-0.3, -0.25) is 0 Å². The fourth-order valence-electron chi connectivity index (χ4n) is 2.54. The fraction of sp³-hybridized carbons (Fsp3) is 0.462. The van der Waals surface area contributed by atoms with Crippen LogP contribution in [-0.2, 0) is 7.05 Å². The van der Waals surface area contributed by atoms with Crippen molar-refractivity contribution in [2.75, 3.05) is 18.0 Å². The van der Waals surface area contributed by atoms with Crippen molar-refractivity contribution in [3.63, 3.8) is 0 Å². The molecule has 5 nitrogen and oxygen atoms in total. The van der Waals surface area contributed by atoms with E-state index in [0.717, 1.165) is 42.8 Å². The molecule has 0 unspecified atom stereocenters. The van der Waals surface area contributed by atoms with Gasteiger partial charge in [-0.25, -0.2) is 9.97 Å². The zero-order valence-corrected chi connectivity index (χ0v) is 10.4. The van der Waals surface area contributed by atoms with Gasteiger partial charge in [0.15, 0.2) is 0 Å². The number of aromatic nitrogens is 3. The molecule has 0 radical (unpaired) electrons. The van der Waals surface area contributed by atoms with Crippen molar-refractivity contribution < 1.29 is 0 Å². The maximum atomic E-state index is 8.93. The lowest BCUT2D eigenvalue weighted by Crippen LogP contribution is -2.33. The van der Waals surface area contributed by atoms with E-state index in [2.05, 4.69) is 27.0 Å². The lowest BCUT2D eigenvalue weighted by molar-refractivity contribution is 0.486. The van der Waals surface area contributed by atoms with E-state index in [0.29, 0.717) is 0 Å². The largest absolute Gasteiger partial charge is 0.356 e. The summed E-state index contributed by atoms with van der Waals surface area (Å²) in [4.78, 5) is 11.0. The van der Waals surface area contributed by atoms with E-state index in [1.165, 1.54) is 0 Å². The number of nitrogens with zero attached hydrogens (tertiary/aromatic N) is 5. The normalized spacial score (nSPS) is 17.0. The molecular formula is C13H15N5. The van der Waals surface area contributed by atoms with Gasteiger partial charge in [0.1, 0.15) is 17.8 Å². The van der Waals surface area contributed by atoms with Crippen LogP contribution in [0.2, 0.25) is 0 Å². The molecule has 1 fully saturated rings. The third-order valence-corrected chi connectivity index (χ3v) is 3.62. The van der Waals surface area contributed by atoms with E-state index >= 15 is 0 Å². The van der Waals surface area contributed by atoms with E-state index in [9.17, 15) is 0 Å². The highest BCUT2D eigenvalue weighted by Crippen LogP contribution is 2.27. The molecule has 18 heavy (non-hydrogen) atoms. The summed E-state index contributed by atoms with van der Waals surface area (Å²) in [6.45, 7) is 1.80. The zero-order chi connectivity index (χ0) is 12.5. The first-order valence-corrected chi connectivity index (χ1v) is 6.20. The minimum Gasteiger partial charge on any atom is -0.356 e. The molecular weight excluding hydrogens is 226 g/mol. The number of hydrogen-bond donors (Lipinski definition) is 0. The van der Waals surface area contributed by atoms with Crippen LogP contribution in [-0.4, -0.2) is 27.6 Å². The molecule has 2 aromatic heterocycles. The molecule has 1 aliphatic rings. The highest BCUT2D eigenvalue weighted by molar-refractivity contribution is 5.87. The second-order valence-electron chi connectivity index (χ2n) is 4.75. The average Bonchev–Trinajstić information content (AvgIpc) is 2.81. The van der Waals surface area contributed by atoms with Crippen LogP contribution >= 0.6 is 0 Å². The molecule has 0 spiro atoms. The van der Waals surface area contributed by atoms with Crippen LogP contribution in [0.4, 0.5) is 5.82 Å². The molecule has 3 rings (SSSR count). The van der Waals surface area contributed by atoms with Gasteiger partial charge in [-0.05, 0) is 18.9 Å². The molecule has 0 aliphatic carbocycles. The van der Waals surface area contributed by atoms with E-state index < -0.39 is 0 Å². The summed E-state index contributed by atoms with van der Waals surface area (Å²) < 4.78 is 2.00. The third-order valence-electron chi connectivity index (χ3n) is 3.62. The Hall–Kier alpha value is -2.09. The highest BCUT2D eigenvalue weighted by atomic mass is 15.2. The average molecular weight is 241 g/mol. The van der Waals surface area contributed by atoms with Gasteiger partial charge in [-0.2, -0.15) is 5.26 Å². The van der Waals surface area contributed by atoms with Gasteiger partial charge in [0.05, 0.1) is 11.5 Å². The van der Waals surface area contributed by atoms with Gasteiger partial charge in [0.2, 0.25) is 0 Å². The van der Waals surface area contributed by atoms with Crippen LogP contribution in [0.25, 0.3) is 11.0 Å². The minimum atomic E-state index is 0.203. The number of rotatable bonds is 1. The van der Waals surface area contributed by atoms with Gasteiger partial charge in [0.25, 0.3) is 0 Å². The summed E-state index contributed by atoms with van der Waals surface area (Å²) in [5.74, 6) is 1.20. The second kappa shape index (κ2) is 4.30. The lowest BCUT2D eigenvalue weighted by Gasteiger charge is -2.30. The zero-order valence-electron chi connectivity index (χ0n) is 10.4. The number of fused-ring (bicyclic) bond motifs is 1. The summed E-state index contributed by atoms with van der Waals surface area (Å²) in [6.07, 6.45) is 5.47. The van der Waals surface area contributed by atoms with Crippen molar-refractivity contribution >= 4 is 16.9 Å². The molecule has 0 amide bonds. The van der Waals surface area contributed by atoms with Gasteiger partial charge < -0.3 is 9.47 Å². The number of nitriles is 1. The Bertz CT molecular complexity index is 601. The van der Waals surface area contributed by atoms with E-state index in [1.807, 2.05) is 17.8 Å². The van der Waals surface area contributed by atoms with Crippen LogP contribution in [0, 0.1) is 17.2 Å². The summed E-state index contributed by atoms with van der Waals surface area (Å²) in [7, 11) is 1.99. The predicted octanol–water partition coefficient (Wildman–Crippen LogP) is 1.71. The van der Waals surface area contributed by atoms with Crippen molar-refractivity contribution in [3.05, 3.63) is 18.6 Å². The topological polar surface area (TPSA) is 57.7 Å². The highest BCUT2D eigenvalue weighted by Gasteiger charge is 2.21. The molecule has 2 aromatic rings. The Kier molecular flexibility index (Phi) is 2.63. The predicted molar refractivity (Wildman–Crippen MR) is 69.1 cm³/mol. The van der Waals surface area contributed by atoms with Crippen molar-refractivity contribution in [2.45, 2.75) is 12.8 Å². The van der Waals surface area contributed by atoms with E-state index in [-0.39, 0.29) is 5.92 Å². The van der Waals surface area contributed by atoms with E-state index in [1.54, 1.807) is 6.33 Å². The summed E-state index contributed by atoms with van der Waals surface area (Å²) in [5, 5.41) is 10.0. The van der Waals surface area contributed by atoms with E-state index in [4.69, 9.17) is 5.26 Å². The first-order valence-electron chi connectivity index (χ1n) is 6.20. The molecule has 0 saturated carbocycles. The Morgan fingerprint density at radius 1 is 1.33 bits per heavy atom. The van der Waals surface area contributed by atoms with Crippen LogP contribution in [0.15, 0.2) is 18.6 Å². The first-order chi connectivity index (χ1) is 8.79. The maximum absolute atomic E-state index is 8.93. The third kappa shape index (κ3) is 1.70. The number of aryl methyl sites for hydroxylation is 1. The molecule has 0 aromatic carbocycles. The molecule has 1 saturated heterocycles. The van der Waals surface area contributed by atoms with Crippen LogP contribution < -0.4 is 4.90 Å². The summed E-state index contributed by atoms with van der Waals surface area (Å²) >= 11 is 0. The molecule has 92 valence electrons. The Balaban J connectivity index is 1.94.